The first-order valence-electron chi connectivity index (χ1n) is 5.53. The van der Waals surface area contributed by atoms with Crippen LogP contribution in [0, 0.1) is 5.92 Å². The second kappa shape index (κ2) is 5.26. The van der Waals surface area contributed by atoms with Crippen LogP contribution in [0.4, 0.5) is 0 Å². The molecule has 1 aliphatic rings. The highest BCUT2D eigenvalue weighted by atomic mass is 16.4. The van der Waals surface area contributed by atoms with Gasteiger partial charge in [-0.3, -0.25) is 9.59 Å². The van der Waals surface area contributed by atoms with E-state index in [-0.39, 0.29) is 11.8 Å². The number of piperidine rings is 1. The van der Waals surface area contributed by atoms with E-state index in [4.69, 9.17) is 5.11 Å². The lowest BCUT2D eigenvalue weighted by molar-refractivity contribution is -0.141. The van der Waals surface area contributed by atoms with E-state index in [1.807, 2.05) is 13.8 Å². The van der Waals surface area contributed by atoms with E-state index in [2.05, 4.69) is 5.32 Å². The van der Waals surface area contributed by atoms with Gasteiger partial charge >= 0.3 is 5.97 Å². The van der Waals surface area contributed by atoms with E-state index in [1.165, 1.54) is 0 Å². The smallest absolute Gasteiger partial charge is 0.320 e. The van der Waals surface area contributed by atoms with Crippen molar-refractivity contribution in [2.24, 2.45) is 5.92 Å². The third kappa shape index (κ3) is 3.63. The Bertz CT molecular complexity index is 252. The van der Waals surface area contributed by atoms with Gasteiger partial charge in [-0.05, 0) is 18.8 Å². The molecule has 1 heterocycles. The molecule has 1 rings (SSSR count). The van der Waals surface area contributed by atoms with Gasteiger partial charge in [-0.25, -0.2) is 0 Å². The standard InChI is InChI=1S/C11H19NO3/c1-3-9(13)6-8-4-7(2)5-10(12-8)11(14)15/h7-8,10,12H,3-6H2,1-2H3,(H,14,15)/t7-,8-,10-/m0/s1. The van der Waals surface area contributed by atoms with Crippen LogP contribution in [0.25, 0.3) is 0 Å². The number of carboxylic acids is 1. The molecule has 86 valence electrons. The van der Waals surface area contributed by atoms with Crippen molar-refractivity contribution in [2.75, 3.05) is 0 Å². The number of nitrogens with one attached hydrogen (secondary N) is 1. The van der Waals surface area contributed by atoms with Gasteiger partial charge in [-0.15, -0.1) is 0 Å². The van der Waals surface area contributed by atoms with Crippen molar-refractivity contribution in [2.45, 2.75) is 51.6 Å². The number of ketones is 1. The quantitative estimate of drug-likeness (QED) is 0.736. The Labute approximate surface area is 90.0 Å². The molecule has 3 atom stereocenters. The van der Waals surface area contributed by atoms with Crippen LogP contribution >= 0.6 is 0 Å². The number of carboxylic acid groups (broad SMARTS) is 1. The van der Waals surface area contributed by atoms with E-state index in [9.17, 15) is 9.59 Å². The molecule has 0 saturated carbocycles. The fraction of sp³-hybridized carbons (Fsp3) is 0.818. The largest absolute Gasteiger partial charge is 0.480 e. The van der Waals surface area contributed by atoms with Gasteiger partial charge in [-0.1, -0.05) is 13.8 Å². The van der Waals surface area contributed by atoms with Crippen molar-refractivity contribution in [3.8, 4) is 0 Å². The minimum Gasteiger partial charge on any atom is -0.480 e. The molecule has 4 heteroatoms. The first-order chi connectivity index (χ1) is 7.02. The third-order valence-corrected chi connectivity index (χ3v) is 2.93. The molecule has 2 N–H and O–H groups in total. The molecule has 0 aliphatic carbocycles. The summed E-state index contributed by atoms with van der Waals surface area (Å²) in [6.07, 6.45) is 2.55. The monoisotopic (exact) mass is 213 g/mol. The summed E-state index contributed by atoms with van der Waals surface area (Å²) >= 11 is 0. The topological polar surface area (TPSA) is 66.4 Å². The molecule has 1 fully saturated rings. The average molecular weight is 213 g/mol. The van der Waals surface area contributed by atoms with Crippen molar-refractivity contribution < 1.29 is 14.7 Å². The maximum absolute atomic E-state index is 11.3. The maximum Gasteiger partial charge on any atom is 0.320 e. The highest BCUT2D eigenvalue weighted by molar-refractivity contribution is 5.79. The Morgan fingerprint density at radius 1 is 1.40 bits per heavy atom. The number of Topliss-reactive ketones (excluding diaryl/α,β-unsaturated/α-hetero) is 1. The fourth-order valence-corrected chi connectivity index (χ4v) is 2.14. The highest BCUT2D eigenvalue weighted by Crippen LogP contribution is 2.21. The number of aliphatic carboxylic acids is 1. The Kier molecular flexibility index (Phi) is 4.27. The number of hydrogen-bond acceptors (Lipinski definition) is 3. The van der Waals surface area contributed by atoms with E-state index in [1.54, 1.807) is 0 Å². The summed E-state index contributed by atoms with van der Waals surface area (Å²) in [5.41, 5.74) is 0. The molecule has 0 aromatic carbocycles. The van der Waals surface area contributed by atoms with Crippen LogP contribution < -0.4 is 5.32 Å². The van der Waals surface area contributed by atoms with Crippen LogP contribution in [0.5, 0.6) is 0 Å². The number of hydrogen-bond donors (Lipinski definition) is 2. The van der Waals surface area contributed by atoms with Crippen LogP contribution in [0.2, 0.25) is 0 Å². The second-order valence-electron chi connectivity index (χ2n) is 4.43. The molecule has 0 aromatic rings. The highest BCUT2D eigenvalue weighted by Gasteiger charge is 2.30. The van der Waals surface area contributed by atoms with E-state index >= 15 is 0 Å². The van der Waals surface area contributed by atoms with Crippen molar-refractivity contribution in [3.05, 3.63) is 0 Å². The van der Waals surface area contributed by atoms with Crippen molar-refractivity contribution in [1.29, 1.82) is 0 Å². The Balaban J connectivity index is 2.51. The zero-order valence-corrected chi connectivity index (χ0v) is 9.32. The number of carbonyl (C=O) groups excluding carboxylic acids is 1. The van der Waals surface area contributed by atoms with Crippen LogP contribution in [-0.2, 0) is 9.59 Å². The molecular formula is C11H19NO3. The van der Waals surface area contributed by atoms with Gasteiger partial charge in [0.15, 0.2) is 0 Å². The lowest BCUT2D eigenvalue weighted by atomic mass is 9.87. The predicted octanol–water partition coefficient (Wildman–Crippen LogP) is 1.20. The summed E-state index contributed by atoms with van der Waals surface area (Å²) < 4.78 is 0. The fourth-order valence-electron chi connectivity index (χ4n) is 2.14. The molecule has 0 bridgehead atoms. The first-order valence-corrected chi connectivity index (χ1v) is 5.53. The van der Waals surface area contributed by atoms with Gasteiger partial charge in [0.2, 0.25) is 0 Å². The summed E-state index contributed by atoms with van der Waals surface area (Å²) in [6.45, 7) is 3.88. The van der Waals surface area contributed by atoms with Gasteiger partial charge in [0.1, 0.15) is 11.8 Å². The van der Waals surface area contributed by atoms with Crippen molar-refractivity contribution in [3.63, 3.8) is 0 Å². The van der Waals surface area contributed by atoms with Crippen LogP contribution in [-0.4, -0.2) is 28.9 Å². The molecule has 15 heavy (non-hydrogen) atoms. The minimum absolute atomic E-state index is 0.0438. The Hall–Kier alpha value is -0.900. The summed E-state index contributed by atoms with van der Waals surface area (Å²) in [7, 11) is 0. The number of carbonyl (C=O) groups is 2. The summed E-state index contributed by atoms with van der Waals surface area (Å²) in [6, 6.07) is -0.439. The van der Waals surface area contributed by atoms with Crippen LogP contribution in [0.3, 0.4) is 0 Å². The van der Waals surface area contributed by atoms with Crippen LogP contribution in [0.15, 0.2) is 0 Å². The molecule has 0 radical (unpaired) electrons. The van der Waals surface area contributed by atoms with Gasteiger partial charge in [-0.2, -0.15) is 0 Å². The average Bonchev–Trinajstić information content (AvgIpc) is 2.16. The van der Waals surface area contributed by atoms with E-state index < -0.39 is 12.0 Å². The van der Waals surface area contributed by atoms with Gasteiger partial charge < -0.3 is 10.4 Å². The third-order valence-electron chi connectivity index (χ3n) is 2.93. The lowest BCUT2D eigenvalue weighted by Gasteiger charge is -2.32. The van der Waals surface area contributed by atoms with E-state index in [0.717, 1.165) is 6.42 Å². The molecule has 1 aliphatic heterocycles. The zero-order valence-electron chi connectivity index (χ0n) is 9.32. The molecule has 0 aromatic heterocycles. The lowest BCUT2D eigenvalue weighted by Crippen LogP contribution is -2.49. The van der Waals surface area contributed by atoms with Crippen LogP contribution in [0.1, 0.15) is 39.5 Å². The predicted molar refractivity (Wildman–Crippen MR) is 56.7 cm³/mol. The van der Waals surface area contributed by atoms with Gasteiger partial charge in [0.05, 0.1) is 0 Å². The number of rotatable bonds is 4. The molecule has 1 saturated heterocycles. The molecule has 0 spiro atoms. The zero-order chi connectivity index (χ0) is 11.4. The normalized spacial score (nSPS) is 31.2. The van der Waals surface area contributed by atoms with Crippen molar-refractivity contribution >= 4 is 11.8 Å². The Morgan fingerprint density at radius 2 is 2.07 bits per heavy atom. The molecule has 4 nitrogen and oxygen atoms in total. The molecular weight excluding hydrogens is 194 g/mol. The Morgan fingerprint density at radius 3 is 2.60 bits per heavy atom. The first kappa shape index (κ1) is 12.2. The molecule has 0 unspecified atom stereocenters. The second-order valence-corrected chi connectivity index (χ2v) is 4.43. The maximum atomic E-state index is 11.3. The summed E-state index contributed by atoms with van der Waals surface area (Å²) in [4.78, 5) is 22.1. The minimum atomic E-state index is -0.810. The van der Waals surface area contributed by atoms with Crippen molar-refractivity contribution in [1.82, 2.24) is 5.32 Å². The van der Waals surface area contributed by atoms with Gasteiger partial charge in [0.25, 0.3) is 0 Å². The summed E-state index contributed by atoms with van der Waals surface area (Å²) in [5, 5.41) is 11.9. The summed E-state index contributed by atoms with van der Waals surface area (Å²) in [5.74, 6) is -0.233. The molecule has 0 amide bonds. The van der Waals surface area contributed by atoms with Gasteiger partial charge in [0, 0.05) is 18.9 Å². The SMILES string of the molecule is CCC(=O)C[C@@H]1C[C@H](C)C[C@@H](C(=O)O)N1. The van der Waals surface area contributed by atoms with E-state index in [0.29, 0.717) is 25.2 Å².